The lowest BCUT2D eigenvalue weighted by atomic mass is 10.0. The third-order valence-electron chi connectivity index (χ3n) is 3.99. The number of carbonyl (C=O) groups excluding carboxylic acids is 1. The van der Waals surface area contributed by atoms with E-state index >= 15 is 0 Å². The van der Waals surface area contributed by atoms with E-state index in [0.717, 1.165) is 24.8 Å². The summed E-state index contributed by atoms with van der Waals surface area (Å²) in [6, 6.07) is 5.68. The number of hydrogen-bond acceptors (Lipinski definition) is 4. The highest BCUT2D eigenvalue weighted by atomic mass is 16.5. The SMILES string of the molecule is CCCCCC[C@H](O)CC(=O)CCc1ccc(OC)c(OC)c1. The number of ketones is 1. The first kappa shape index (κ1) is 19.5. The van der Waals surface area contributed by atoms with Crippen LogP contribution in [0.3, 0.4) is 0 Å². The molecule has 4 heteroatoms. The minimum Gasteiger partial charge on any atom is -0.493 e. The second-order valence-corrected chi connectivity index (χ2v) is 5.94. The molecule has 4 nitrogen and oxygen atoms in total. The van der Waals surface area contributed by atoms with Gasteiger partial charge in [0.2, 0.25) is 0 Å². The fourth-order valence-corrected chi connectivity index (χ4v) is 2.59. The molecule has 1 N–H and O–H groups in total. The van der Waals surface area contributed by atoms with Crippen molar-refractivity contribution in [1.82, 2.24) is 0 Å². The molecule has 0 aliphatic carbocycles. The summed E-state index contributed by atoms with van der Waals surface area (Å²) < 4.78 is 10.5. The van der Waals surface area contributed by atoms with E-state index in [-0.39, 0.29) is 12.2 Å². The van der Waals surface area contributed by atoms with Crippen molar-refractivity contribution in [3.05, 3.63) is 23.8 Å². The van der Waals surface area contributed by atoms with Crippen molar-refractivity contribution in [3.63, 3.8) is 0 Å². The Morgan fingerprint density at radius 1 is 1.13 bits per heavy atom. The minimum atomic E-state index is -0.496. The van der Waals surface area contributed by atoms with Gasteiger partial charge in [-0.2, -0.15) is 0 Å². The number of ether oxygens (including phenoxy) is 2. The van der Waals surface area contributed by atoms with Gasteiger partial charge in [0.25, 0.3) is 0 Å². The van der Waals surface area contributed by atoms with Gasteiger partial charge in [0.15, 0.2) is 11.5 Å². The Kier molecular flexibility index (Phi) is 9.37. The van der Waals surface area contributed by atoms with Crippen molar-refractivity contribution in [1.29, 1.82) is 0 Å². The highest BCUT2D eigenvalue weighted by molar-refractivity contribution is 5.79. The third kappa shape index (κ3) is 7.51. The standard InChI is InChI=1S/C19H30O4/c1-4-5-6-7-8-16(20)14-17(21)11-9-15-10-12-18(22-2)19(13-15)23-3/h10,12-13,16,20H,4-9,11,14H2,1-3H3/t16-/m0/s1. The number of hydrogen-bond donors (Lipinski definition) is 1. The molecule has 0 aliphatic rings. The Bertz CT molecular complexity index is 470. The molecule has 0 saturated heterocycles. The normalized spacial score (nSPS) is 12.0. The summed E-state index contributed by atoms with van der Waals surface area (Å²) in [6.45, 7) is 2.16. The maximum atomic E-state index is 12.0. The number of benzene rings is 1. The van der Waals surface area contributed by atoms with Crippen LogP contribution in [0.1, 0.15) is 57.4 Å². The second kappa shape index (κ2) is 11.1. The van der Waals surface area contributed by atoms with Crippen LogP contribution in [0.2, 0.25) is 0 Å². The maximum absolute atomic E-state index is 12.0. The van der Waals surface area contributed by atoms with Crippen molar-refractivity contribution >= 4 is 5.78 Å². The van der Waals surface area contributed by atoms with E-state index in [9.17, 15) is 9.90 Å². The van der Waals surface area contributed by atoms with Gasteiger partial charge in [0.05, 0.1) is 20.3 Å². The molecule has 0 fully saturated rings. The fraction of sp³-hybridized carbons (Fsp3) is 0.632. The van der Waals surface area contributed by atoms with Crippen LogP contribution in [0.25, 0.3) is 0 Å². The molecule has 0 saturated carbocycles. The lowest BCUT2D eigenvalue weighted by Gasteiger charge is -2.11. The summed E-state index contributed by atoms with van der Waals surface area (Å²) in [4.78, 5) is 12.0. The Labute approximate surface area is 139 Å². The molecule has 23 heavy (non-hydrogen) atoms. The van der Waals surface area contributed by atoms with Crippen LogP contribution in [0.4, 0.5) is 0 Å². The molecule has 0 amide bonds. The molecule has 130 valence electrons. The Hall–Kier alpha value is -1.55. The zero-order valence-electron chi connectivity index (χ0n) is 14.6. The van der Waals surface area contributed by atoms with Gasteiger partial charge in [-0.05, 0) is 30.5 Å². The molecule has 0 aliphatic heterocycles. The monoisotopic (exact) mass is 322 g/mol. The summed E-state index contributed by atoms with van der Waals surface area (Å²) in [7, 11) is 3.20. The number of carbonyl (C=O) groups is 1. The minimum absolute atomic E-state index is 0.114. The van der Waals surface area contributed by atoms with Gasteiger partial charge < -0.3 is 14.6 Å². The summed E-state index contributed by atoms with van der Waals surface area (Å²) in [5, 5.41) is 9.91. The molecular formula is C19H30O4. The predicted octanol–water partition coefficient (Wildman–Crippen LogP) is 3.93. The molecule has 1 rings (SSSR count). The maximum Gasteiger partial charge on any atom is 0.160 e. The van der Waals surface area contributed by atoms with Crippen molar-refractivity contribution < 1.29 is 19.4 Å². The number of aliphatic hydroxyl groups is 1. The van der Waals surface area contributed by atoms with E-state index in [4.69, 9.17) is 9.47 Å². The molecule has 1 atom stereocenters. The van der Waals surface area contributed by atoms with E-state index in [0.29, 0.717) is 24.3 Å². The molecule has 1 aromatic carbocycles. The largest absolute Gasteiger partial charge is 0.493 e. The molecule has 0 spiro atoms. The van der Waals surface area contributed by atoms with Crippen LogP contribution in [-0.2, 0) is 11.2 Å². The van der Waals surface area contributed by atoms with Crippen molar-refractivity contribution in [2.24, 2.45) is 0 Å². The van der Waals surface area contributed by atoms with Crippen LogP contribution in [-0.4, -0.2) is 31.2 Å². The van der Waals surface area contributed by atoms with E-state index < -0.39 is 6.10 Å². The number of methoxy groups -OCH3 is 2. The lowest BCUT2D eigenvalue weighted by molar-refractivity contribution is -0.121. The van der Waals surface area contributed by atoms with Crippen LogP contribution in [0, 0.1) is 0 Å². The molecule has 0 radical (unpaired) electrons. The van der Waals surface area contributed by atoms with Crippen molar-refractivity contribution in [2.45, 2.75) is 64.4 Å². The molecule has 1 aromatic rings. The van der Waals surface area contributed by atoms with Crippen LogP contribution in [0.5, 0.6) is 11.5 Å². The van der Waals surface area contributed by atoms with Crippen LogP contribution < -0.4 is 9.47 Å². The zero-order chi connectivity index (χ0) is 17.1. The second-order valence-electron chi connectivity index (χ2n) is 5.94. The number of aryl methyl sites for hydroxylation is 1. The quantitative estimate of drug-likeness (QED) is 0.592. The molecule has 0 bridgehead atoms. The van der Waals surface area contributed by atoms with E-state index in [2.05, 4.69) is 6.92 Å². The zero-order valence-corrected chi connectivity index (χ0v) is 14.6. The molecule has 0 heterocycles. The number of rotatable bonds is 12. The van der Waals surface area contributed by atoms with Crippen molar-refractivity contribution in [2.75, 3.05) is 14.2 Å². The van der Waals surface area contributed by atoms with Gasteiger partial charge in [-0.25, -0.2) is 0 Å². The average Bonchev–Trinajstić information content (AvgIpc) is 2.56. The van der Waals surface area contributed by atoms with Gasteiger partial charge in [-0.15, -0.1) is 0 Å². The number of Topliss-reactive ketones (excluding diaryl/α,β-unsaturated/α-hetero) is 1. The average molecular weight is 322 g/mol. The highest BCUT2D eigenvalue weighted by Gasteiger charge is 2.11. The first-order valence-corrected chi connectivity index (χ1v) is 8.51. The Balaban J connectivity index is 2.35. The van der Waals surface area contributed by atoms with E-state index in [1.54, 1.807) is 14.2 Å². The topological polar surface area (TPSA) is 55.8 Å². The van der Waals surface area contributed by atoms with Gasteiger partial charge >= 0.3 is 0 Å². The fourth-order valence-electron chi connectivity index (χ4n) is 2.59. The predicted molar refractivity (Wildman–Crippen MR) is 92.3 cm³/mol. The van der Waals surface area contributed by atoms with Gasteiger partial charge in [-0.3, -0.25) is 4.79 Å². The molecule has 0 aromatic heterocycles. The lowest BCUT2D eigenvalue weighted by Crippen LogP contribution is -2.14. The third-order valence-corrected chi connectivity index (χ3v) is 3.99. The highest BCUT2D eigenvalue weighted by Crippen LogP contribution is 2.28. The van der Waals surface area contributed by atoms with Crippen molar-refractivity contribution in [3.8, 4) is 11.5 Å². The Morgan fingerprint density at radius 2 is 1.87 bits per heavy atom. The summed E-state index contributed by atoms with van der Waals surface area (Å²) in [5.41, 5.74) is 1.04. The molecule has 0 unspecified atom stereocenters. The van der Waals surface area contributed by atoms with E-state index in [1.807, 2.05) is 18.2 Å². The number of unbranched alkanes of at least 4 members (excludes halogenated alkanes) is 3. The molecular weight excluding hydrogens is 292 g/mol. The Morgan fingerprint density at radius 3 is 2.52 bits per heavy atom. The summed E-state index contributed by atoms with van der Waals surface area (Å²) in [5.74, 6) is 1.47. The summed E-state index contributed by atoms with van der Waals surface area (Å²) >= 11 is 0. The van der Waals surface area contributed by atoms with Gasteiger partial charge in [0.1, 0.15) is 5.78 Å². The first-order valence-electron chi connectivity index (χ1n) is 8.51. The first-order chi connectivity index (χ1) is 11.1. The van der Waals surface area contributed by atoms with E-state index in [1.165, 1.54) is 12.8 Å². The summed E-state index contributed by atoms with van der Waals surface area (Å²) in [6.07, 6.45) is 6.10. The van der Waals surface area contributed by atoms with Gasteiger partial charge in [-0.1, -0.05) is 38.7 Å². The number of aliphatic hydroxyl groups excluding tert-OH is 1. The van der Waals surface area contributed by atoms with Gasteiger partial charge in [0, 0.05) is 12.8 Å². The van der Waals surface area contributed by atoms with Crippen LogP contribution >= 0.6 is 0 Å². The smallest absolute Gasteiger partial charge is 0.160 e. The van der Waals surface area contributed by atoms with Crippen LogP contribution in [0.15, 0.2) is 18.2 Å².